The molecule has 2 rings (SSSR count). The van der Waals surface area contributed by atoms with E-state index in [-0.39, 0.29) is 11.2 Å². The van der Waals surface area contributed by atoms with Crippen LogP contribution in [-0.2, 0) is 6.42 Å². The molecule has 100 valence electrons. The monoisotopic (exact) mass is 332 g/mol. The van der Waals surface area contributed by atoms with E-state index in [2.05, 4.69) is 29.8 Å². The summed E-state index contributed by atoms with van der Waals surface area (Å²) in [5, 5.41) is 10.7. The maximum Gasteiger partial charge on any atom is 0.124 e. The van der Waals surface area contributed by atoms with Crippen LogP contribution in [-0.4, -0.2) is 22.2 Å². The summed E-state index contributed by atoms with van der Waals surface area (Å²) in [5.74, 6) is 1.58. The third-order valence-corrected chi connectivity index (χ3v) is 5.67. The van der Waals surface area contributed by atoms with Gasteiger partial charge >= 0.3 is 0 Å². The van der Waals surface area contributed by atoms with Gasteiger partial charge in [-0.3, -0.25) is 0 Å². The predicted molar refractivity (Wildman–Crippen MR) is 78.5 cm³/mol. The Labute approximate surface area is 120 Å². The molecule has 1 unspecified atom stereocenters. The molecule has 18 heavy (non-hydrogen) atoms. The number of hydrogen-bond acceptors (Lipinski definition) is 2. The summed E-state index contributed by atoms with van der Waals surface area (Å²) < 4.78 is 13.8. The first-order chi connectivity index (χ1) is 8.30. The van der Waals surface area contributed by atoms with Gasteiger partial charge in [0.2, 0.25) is 0 Å². The normalized spacial score (nSPS) is 27.2. The van der Waals surface area contributed by atoms with Gasteiger partial charge in [-0.05, 0) is 35.3 Å². The van der Waals surface area contributed by atoms with Gasteiger partial charge in [0, 0.05) is 16.6 Å². The summed E-state index contributed by atoms with van der Waals surface area (Å²) >= 11 is 5.17. The summed E-state index contributed by atoms with van der Waals surface area (Å²) in [5.41, 5.74) is 0.439. The van der Waals surface area contributed by atoms with E-state index in [9.17, 15) is 9.50 Å². The molecule has 0 bridgehead atoms. The van der Waals surface area contributed by atoms with E-state index in [0.29, 0.717) is 6.42 Å². The third kappa shape index (κ3) is 3.49. The SMILES string of the molecule is CC1(C)CSCC(O)(Cc2ccc(F)cc2Br)C1. The second kappa shape index (κ2) is 5.14. The van der Waals surface area contributed by atoms with E-state index in [4.69, 9.17) is 0 Å². The van der Waals surface area contributed by atoms with E-state index in [1.807, 2.05) is 0 Å². The summed E-state index contributed by atoms with van der Waals surface area (Å²) in [6.07, 6.45) is 1.36. The van der Waals surface area contributed by atoms with Gasteiger partial charge in [0.05, 0.1) is 5.60 Å². The van der Waals surface area contributed by atoms with Gasteiger partial charge in [0.15, 0.2) is 0 Å². The highest BCUT2D eigenvalue weighted by Crippen LogP contribution is 2.41. The zero-order valence-electron chi connectivity index (χ0n) is 10.7. The molecule has 0 aromatic heterocycles. The van der Waals surface area contributed by atoms with E-state index < -0.39 is 5.60 Å². The second-order valence-corrected chi connectivity index (χ2v) is 7.81. The van der Waals surface area contributed by atoms with Gasteiger partial charge < -0.3 is 5.11 Å². The maximum atomic E-state index is 13.0. The third-order valence-electron chi connectivity index (χ3n) is 3.21. The molecule has 1 N–H and O–H groups in total. The molecule has 0 aliphatic carbocycles. The zero-order chi connectivity index (χ0) is 13.4. The number of halogens is 2. The minimum absolute atomic E-state index is 0.157. The molecule has 0 amide bonds. The van der Waals surface area contributed by atoms with Crippen molar-refractivity contribution < 1.29 is 9.50 Å². The lowest BCUT2D eigenvalue weighted by molar-refractivity contribution is 0.0198. The molecule has 0 radical (unpaired) electrons. The molecule has 4 heteroatoms. The lowest BCUT2D eigenvalue weighted by Gasteiger charge is -2.41. The quantitative estimate of drug-likeness (QED) is 0.882. The highest BCUT2D eigenvalue weighted by atomic mass is 79.9. The molecule has 1 aromatic rings. The van der Waals surface area contributed by atoms with Crippen molar-refractivity contribution in [1.82, 2.24) is 0 Å². The number of thioether (sulfide) groups is 1. The molecule has 1 nitrogen and oxygen atoms in total. The van der Waals surface area contributed by atoms with E-state index in [1.54, 1.807) is 17.8 Å². The zero-order valence-corrected chi connectivity index (χ0v) is 13.1. The fourth-order valence-electron chi connectivity index (χ4n) is 2.64. The van der Waals surface area contributed by atoms with Crippen LogP contribution in [0.3, 0.4) is 0 Å². The summed E-state index contributed by atoms with van der Waals surface area (Å²) in [4.78, 5) is 0. The van der Waals surface area contributed by atoms with E-state index in [0.717, 1.165) is 28.0 Å². The van der Waals surface area contributed by atoms with Crippen molar-refractivity contribution in [1.29, 1.82) is 0 Å². The van der Waals surface area contributed by atoms with Crippen LogP contribution >= 0.6 is 27.7 Å². The van der Waals surface area contributed by atoms with Crippen LogP contribution in [0.5, 0.6) is 0 Å². The second-order valence-electron chi connectivity index (χ2n) is 5.97. The first-order valence-corrected chi connectivity index (χ1v) is 7.99. The van der Waals surface area contributed by atoms with Crippen molar-refractivity contribution in [3.05, 3.63) is 34.1 Å². The van der Waals surface area contributed by atoms with Crippen LogP contribution in [0.15, 0.2) is 22.7 Å². The fraction of sp³-hybridized carbons (Fsp3) is 0.571. The van der Waals surface area contributed by atoms with Gasteiger partial charge in [-0.15, -0.1) is 0 Å². The Hall–Kier alpha value is -0.0600. The number of rotatable bonds is 2. The van der Waals surface area contributed by atoms with Crippen LogP contribution in [0.1, 0.15) is 25.8 Å². The Balaban J connectivity index is 2.17. The van der Waals surface area contributed by atoms with Crippen molar-refractivity contribution in [3.63, 3.8) is 0 Å². The Bertz CT molecular complexity index is 449. The Morgan fingerprint density at radius 1 is 1.39 bits per heavy atom. The summed E-state index contributed by atoms with van der Waals surface area (Å²) in [7, 11) is 0. The Morgan fingerprint density at radius 3 is 2.72 bits per heavy atom. The molecule has 1 aliphatic rings. The highest BCUT2D eigenvalue weighted by molar-refractivity contribution is 9.10. The highest BCUT2D eigenvalue weighted by Gasteiger charge is 2.39. The van der Waals surface area contributed by atoms with Crippen molar-refractivity contribution in [3.8, 4) is 0 Å². The molecular weight excluding hydrogens is 315 g/mol. The van der Waals surface area contributed by atoms with Gasteiger partial charge in [0.1, 0.15) is 5.82 Å². The standard InChI is InChI=1S/C14H18BrFOS/c1-13(2)7-14(17,9-18-8-13)6-10-3-4-11(16)5-12(10)15/h3-5,17H,6-9H2,1-2H3. The molecule has 1 heterocycles. The molecule has 1 aliphatic heterocycles. The Kier molecular flexibility index (Phi) is 4.10. The van der Waals surface area contributed by atoms with Crippen LogP contribution in [0, 0.1) is 11.2 Å². The molecule has 0 spiro atoms. The molecule has 1 fully saturated rings. The number of hydrogen-bond donors (Lipinski definition) is 1. The van der Waals surface area contributed by atoms with Crippen LogP contribution in [0.4, 0.5) is 4.39 Å². The minimum atomic E-state index is -0.688. The maximum absolute atomic E-state index is 13.0. The van der Waals surface area contributed by atoms with E-state index >= 15 is 0 Å². The minimum Gasteiger partial charge on any atom is -0.389 e. The van der Waals surface area contributed by atoms with Gasteiger partial charge in [-0.2, -0.15) is 11.8 Å². The fourth-order valence-corrected chi connectivity index (χ4v) is 4.48. The average Bonchev–Trinajstić information content (AvgIpc) is 2.20. The topological polar surface area (TPSA) is 20.2 Å². The van der Waals surface area contributed by atoms with E-state index in [1.165, 1.54) is 12.1 Å². The molecule has 0 saturated carbocycles. The number of benzene rings is 1. The van der Waals surface area contributed by atoms with Crippen LogP contribution in [0.25, 0.3) is 0 Å². The van der Waals surface area contributed by atoms with Crippen LogP contribution in [0.2, 0.25) is 0 Å². The molecular formula is C14H18BrFOS. The van der Waals surface area contributed by atoms with Crippen molar-refractivity contribution in [2.24, 2.45) is 5.41 Å². The predicted octanol–water partition coefficient (Wildman–Crippen LogP) is 4.02. The number of aliphatic hydroxyl groups is 1. The van der Waals surface area contributed by atoms with Crippen molar-refractivity contribution in [2.75, 3.05) is 11.5 Å². The lowest BCUT2D eigenvalue weighted by Crippen LogP contribution is -2.44. The summed E-state index contributed by atoms with van der Waals surface area (Å²) in [6, 6.07) is 4.66. The van der Waals surface area contributed by atoms with Gasteiger partial charge in [-0.1, -0.05) is 35.8 Å². The van der Waals surface area contributed by atoms with Crippen molar-refractivity contribution >= 4 is 27.7 Å². The largest absolute Gasteiger partial charge is 0.389 e. The molecule has 1 atom stereocenters. The van der Waals surface area contributed by atoms with Crippen LogP contribution < -0.4 is 0 Å². The van der Waals surface area contributed by atoms with Gasteiger partial charge in [0.25, 0.3) is 0 Å². The average molecular weight is 333 g/mol. The Morgan fingerprint density at radius 2 is 2.11 bits per heavy atom. The first-order valence-electron chi connectivity index (χ1n) is 6.04. The molecule has 1 saturated heterocycles. The summed E-state index contributed by atoms with van der Waals surface area (Å²) in [6.45, 7) is 4.37. The first kappa shape index (κ1) is 14.4. The smallest absolute Gasteiger partial charge is 0.124 e. The van der Waals surface area contributed by atoms with Crippen molar-refractivity contribution in [2.45, 2.75) is 32.3 Å². The lowest BCUT2D eigenvalue weighted by atomic mass is 9.79. The van der Waals surface area contributed by atoms with Gasteiger partial charge in [-0.25, -0.2) is 4.39 Å². The molecule has 1 aromatic carbocycles.